The summed E-state index contributed by atoms with van der Waals surface area (Å²) >= 11 is 0. The first kappa shape index (κ1) is 9.21. The third-order valence-electron chi connectivity index (χ3n) is 2.64. The van der Waals surface area contributed by atoms with Crippen LogP contribution in [0.3, 0.4) is 0 Å². The van der Waals surface area contributed by atoms with E-state index in [0.717, 1.165) is 6.42 Å². The number of rotatable bonds is 2. The van der Waals surface area contributed by atoms with Crippen LogP contribution in [0.2, 0.25) is 0 Å². The second kappa shape index (κ2) is 3.80. The molecule has 0 radical (unpaired) electrons. The van der Waals surface area contributed by atoms with E-state index < -0.39 is 0 Å². The van der Waals surface area contributed by atoms with Crippen molar-refractivity contribution in [3.05, 3.63) is 35.9 Å². The van der Waals surface area contributed by atoms with Gasteiger partial charge in [-0.25, -0.2) is 5.43 Å². The smallest absolute Gasteiger partial charge is 0.237 e. The Kier molecular flexibility index (Phi) is 2.50. The van der Waals surface area contributed by atoms with Gasteiger partial charge in [-0.15, -0.1) is 0 Å². The molecule has 0 aromatic heterocycles. The zero-order valence-electron chi connectivity index (χ0n) is 8.23. The van der Waals surface area contributed by atoms with E-state index in [1.807, 2.05) is 18.2 Å². The minimum atomic E-state index is 0.182. The summed E-state index contributed by atoms with van der Waals surface area (Å²) in [7, 11) is 1.79. The molecule has 14 heavy (non-hydrogen) atoms. The van der Waals surface area contributed by atoms with Gasteiger partial charge in [0.25, 0.3) is 0 Å². The SMILES string of the molecule is CNN1C(=O)CCC1c1ccccc1. The van der Waals surface area contributed by atoms with Crippen LogP contribution in [-0.2, 0) is 4.79 Å². The van der Waals surface area contributed by atoms with Gasteiger partial charge in [-0.3, -0.25) is 9.80 Å². The van der Waals surface area contributed by atoms with Crippen LogP contribution in [-0.4, -0.2) is 18.0 Å². The zero-order valence-corrected chi connectivity index (χ0v) is 8.23. The van der Waals surface area contributed by atoms with Gasteiger partial charge in [-0.1, -0.05) is 30.3 Å². The predicted octanol–water partition coefficient (Wildman–Crippen LogP) is 1.48. The maximum atomic E-state index is 11.5. The van der Waals surface area contributed by atoms with Crippen molar-refractivity contribution in [1.29, 1.82) is 0 Å². The fourth-order valence-electron chi connectivity index (χ4n) is 1.96. The van der Waals surface area contributed by atoms with E-state index in [2.05, 4.69) is 17.6 Å². The molecule has 0 saturated carbocycles. The van der Waals surface area contributed by atoms with E-state index in [1.54, 1.807) is 12.1 Å². The molecule has 1 aliphatic heterocycles. The lowest BCUT2D eigenvalue weighted by atomic mass is 10.1. The quantitative estimate of drug-likeness (QED) is 0.766. The van der Waals surface area contributed by atoms with E-state index in [4.69, 9.17) is 0 Å². The summed E-state index contributed by atoms with van der Waals surface area (Å²) in [5, 5.41) is 1.72. The van der Waals surface area contributed by atoms with Gasteiger partial charge in [0.15, 0.2) is 0 Å². The number of amides is 1. The number of hydrogen-bond acceptors (Lipinski definition) is 2. The number of nitrogens with one attached hydrogen (secondary N) is 1. The summed E-state index contributed by atoms with van der Waals surface area (Å²) < 4.78 is 0. The van der Waals surface area contributed by atoms with Crippen LogP contribution in [0.5, 0.6) is 0 Å². The van der Waals surface area contributed by atoms with Gasteiger partial charge in [0.2, 0.25) is 5.91 Å². The Morgan fingerprint density at radius 1 is 1.36 bits per heavy atom. The average molecular weight is 190 g/mol. The second-order valence-corrected chi connectivity index (χ2v) is 3.45. The third-order valence-corrected chi connectivity index (χ3v) is 2.64. The van der Waals surface area contributed by atoms with E-state index >= 15 is 0 Å². The molecule has 0 aliphatic carbocycles. The Labute approximate surface area is 83.7 Å². The zero-order chi connectivity index (χ0) is 9.97. The highest BCUT2D eigenvalue weighted by Gasteiger charge is 2.30. The highest BCUT2D eigenvalue weighted by molar-refractivity contribution is 5.78. The first-order valence-electron chi connectivity index (χ1n) is 4.87. The van der Waals surface area contributed by atoms with Gasteiger partial charge in [0.05, 0.1) is 6.04 Å². The van der Waals surface area contributed by atoms with Crippen molar-refractivity contribution in [2.24, 2.45) is 0 Å². The normalized spacial score (nSPS) is 21.6. The monoisotopic (exact) mass is 190 g/mol. The molecule has 3 heteroatoms. The number of hydrazine groups is 1. The average Bonchev–Trinajstić information content (AvgIpc) is 2.61. The highest BCUT2D eigenvalue weighted by Crippen LogP contribution is 2.30. The van der Waals surface area contributed by atoms with Crippen LogP contribution < -0.4 is 5.43 Å². The Morgan fingerprint density at radius 2 is 2.07 bits per heavy atom. The molecule has 1 aromatic carbocycles. The minimum absolute atomic E-state index is 0.182. The lowest BCUT2D eigenvalue weighted by molar-refractivity contribution is -0.131. The Balaban J connectivity index is 2.23. The Morgan fingerprint density at radius 3 is 2.71 bits per heavy atom. The molecule has 1 unspecified atom stereocenters. The summed E-state index contributed by atoms with van der Waals surface area (Å²) in [6.45, 7) is 0. The van der Waals surface area contributed by atoms with Crippen LogP contribution in [0.1, 0.15) is 24.4 Å². The summed E-state index contributed by atoms with van der Waals surface area (Å²) in [4.78, 5) is 11.5. The van der Waals surface area contributed by atoms with Crippen molar-refractivity contribution in [2.75, 3.05) is 7.05 Å². The molecule has 1 N–H and O–H groups in total. The highest BCUT2D eigenvalue weighted by atomic mass is 16.2. The fraction of sp³-hybridized carbons (Fsp3) is 0.364. The molecule has 1 fully saturated rings. The van der Waals surface area contributed by atoms with Crippen molar-refractivity contribution in [2.45, 2.75) is 18.9 Å². The summed E-state index contributed by atoms with van der Waals surface area (Å²) in [5.41, 5.74) is 4.15. The first-order valence-corrected chi connectivity index (χ1v) is 4.87. The predicted molar refractivity (Wildman–Crippen MR) is 54.3 cm³/mol. The summed E-state index contributed by atoms with van der Waals surface area (Å²) in [6.07, 6.45) is 1.55. The largest absolute Gasteiger partial charge is 0.273 e. The molecule has 1 heterocycles. The van der Waals surface area contributed by atoms with Crippen molar-refractivity contribution < 1.29 is 4.79 Å². The molecule has 74 valence electrons. The van der Waals surface area contributed by atoms with Gasteiger partial charge in [-0.2, -0.15) is 0 Å². The van der Waals surface area contributed by atoms with Gasteiger partial charge < -0.3 is 0 Å². The molecule has 1 saturated heterocycles. The maximum Gasteiger partial charge on any atom is 0.237 e. The number of carbonyl (C=O) groups is 1. The maximum absolute atomic E-state index is 11.5. The molecule has 1 aromatic rings. The standard InChI is InChI=1S/C11H14N2O/c1-12-13-10(7-8-11(13)14)9-5-3-2-4-6-9/h2-6,10,12H,7-8H2,1H3. The van der Waals surface area contributed by atoms with Crippen LogP contribution in [0.25, 0.3) is 0 Å². The number of benzene rings is 1. The number of carbonyl (C=O) groups excluding carboxylic acids is 1. The van der Waals surface area contributed by atoms with Gasteiger partial charge >= 0.3 is 0 Å². The molecule has 1 atom stereocenters. The first-order chi connectivity index (χ1) is 6.83. The Bertz CT molecular complexity index is 323. The summed E-state index contributed by atoms with van der Waals surface area (Å²) in [6, 6.07) is 10.3. The van der Waals surface area contributed by atoms with E-state index in [9.17, 15) is 4.79 Å². The van der Waals surface area contributed by atoms with E-state index in [1.165, 1.54) is 5.56 Å². The lowest BCUT2D eigenvalue weighted by Gasteiger charge is -2.23. The molecule has 0 bridgehead atoms. The van der Waals surface area contributed by atoms with Gasteiger partial charge in [-0.05, 0) is 12.0 Å². The van der Waals surface area contributed by atoms with Crippen molar-refractivity contribution in [1.82, 2.24) is 10.4 Å². The van der Waals surface area contributed by atoms with Crippen LogP contribution in [0.15, 0.2) is 30.3 Å². The lowest BCUT2D eigenvalue weighted by Crippen LogP contribution is -2.37. The molecular weight excluding hydrogens is 176 g/mol. The van der Waals surface area contributed by atoms with Gasteiger partial charge in [0, 0.05) is 13.5 Å². The molecule has 1 amide bonds. The molecule has 3 nitrogen and oxygen atoms in total. The third kappa shape index (κ3) is 1.51. The van der Waals surface area contributed by atoms with E-state index in [-0.39, 0.29) is 11.9 Å². The second-order valence-electron chi connectivity index (χ2n) is 3.45. The van der Waals surface area contributed by atoms with Gasteiger partial charge in [0.1, 0.15) is 0 Å². The van der Waals surface area contributed by atoms with Crippen LogP contribution in [0, 0.1) is 0 Å². The van der Waals surface area contributed by atoms with Crippen molar-refractivity contribution in [3.8, 4) is 0 Å². The Hall–Kier alpha value is -1.35. The van der Waals surface area contributed by atoms with Crippen molar-refractivity contribution >= 4 is 5.91 Å². The fourth-order valence-corrected chi connectivity index (χ4v) is 1.96. The molecule has 2 rings (SSSR count). The molecular formula is C11H14N2O. The molecule has 1 aliphatic rings. The van der Waals surface area contributed by atoms with E-state index in [0.29, 0.717) is 6.42 Å². The topological polar surface area (TPSA) is 32.3 Å². The van der Waals surface area contributed by atoms with Crippen molar-refractivity contribution in [3.63, 3.8) is 0 Å². The number of hydrogen-bond donors (Lipinski definition) is 1. The van der Waals surface area contributed by atoms with Crippen LogP contribution in [0.4, 0.5) is 0 Å². The van der Waals surface area contributed by atoms with Crippen LogP contribution >= 0.6 is 0 Å². The number of nitrogens with zero attached hydrogens (tertiary/aromatic N) is 1. The minimum Gasteiger partial charge on any atom is -0.273 e. The molecule has 0 spiro atoms. The summed E-state index contributed by atoms with van der Waals surface area (Å²) in [5.74, 6) is 0.182.